The molecular formula is C19H26AlNO3. The second-order valence-electron chi connectivity index (χ2n) is 7.44. The highest BCUT2D eigenvalue weighted by Gasteiger charge is 2.41. The normalized spacial score (nSPS) is 28.5. The van der Waals surface area contributed by atoms with Gasteiger partial charge in [-0.3, -0.25) is 4.79 Å². The van der Waals surface area contributed by atoms with Crippen molar-refractivity contribution in [3.05, 3.63) is 35.9 Å². The van der Waals surface area contributed by atoms with Gasteiger partial charge in [-0.15, -0.1) is 0 Å². The molecule has 2 atom stereocenters. The third-order valence-electron chi connectivity index (χ3n) is 5.67. The van der Waals surface area contributed by atoms with Crippen LogP contribution >= 0.6 is 0 Å². The fourth-order valence-corrected chi connectivity index (χ4v) is 4.64. The minimum Gasteiger partial charge on any atom is -0.447 e. The van der Waals surface area contributed by atoms with Crippen LogP contribution in [0.1, 0.15) is 38.2 Å². The van der Waals surface area contributed by atoms with Crippen molar-refractivity contribution in [3.63, 3.8) is 0 Å². The van der Waals surface area contributed by atoms with E-state index in [4.69, 9.17) is 4.74 Å². The van der Waals surface area contributed by atoms with Gasteiger partial charge in [0, 0.05) is 5.92 Å². The quantitative estimate of drug-likeness (QED) is 0.790. The van der Waals surface area contributed by atoms with E-state index in [-0.39, 0.29) is 17.9 Å². The van der Waals surface area contributed by atoms with Crippen LogP contribution in [0.25, 0.3) is 0 Å². The molecule has 1 saturated heterocycles. The van der Waals surface area contributed by atoms with Gasteiger partial charge in [0.25, 0.3) is 0 Å². The minimum atomic E-state index is -0.468. The SMILES string of the molecule is C[C@@H](C(=O)N1C(=O)OC[C@H]1Cc1ccccc1)C1CC[CH]([AlH2])CC1. The van der Waals surface area contributed by atoms with E-state index in [0.29, 0.717) is 18.9 Å². The van der Waals surface area contributed by atoms with Crippen molar-refractivity contribution in [2.45, 2.75) is 49.8 Å². The zero-order valence-electron chi connectivity index (χ0n) is 14.6. The molecule has 0 N–H and O–H groups in total. The van der Waals surface area contributed by atoms with Crippen molar-refractivity contribution in [1.29, 1.82) is 0 Å². The molecule has 0 aromatic heterocycles. The second-order valence-corrected chi connectivity index (χ2v) is 9.07. The maximum Gasteiger partial charge on any atom is 0.416 e. The van der Waals surface area contributed by atoms with Gasteiger partial charge in [0.1, 0.15) is 6.61 Å². The Labute approximate surface area is 152 Å². The van der Waals surface area contributed by atoms with Crippen molar-refractivity contribution < 1.29 is 14.3 Å². The highest BCUT2D eigenvalue weighted by molar-refractivity contribution is 6.11. The van der Waals surface area contributed by atoms with E-state index in [9.17, 15) is 9.59 Å². The predicted octanol–water partition coefficient (Wildman–Crippen LogP) is 2.82. The first-order chi connectivity index (χ1) is 11.6. The lowest BCUT2D eigenvalue weighted by Crippen LogP contribution is -2.45. The summed E-state index contributed by atoms with van der Waals surface area (Å²) in [6.45, 7) is 2.30. The van der Waals surface area contributed by atoms with Gasteiger partial charge in [-0.2, -0.15) is 0 Å². The number of nitrogens with zero attached hydrogens (tertiary/aromatic N) is 1. The highest BCUT2D eigenvalue weighted by Crippen LogP contribution is 2.36. The Kier molecular flexibility index (Phi) is 5.63. The maximum absolute atomic E-state index is 13.0. The Morgan fingerprint density at radius 3 is 2.58 bits per heavy atom. The maximum atomic E-state index is 13.0. The fourth-order valence-electron chi connectivity index (χ4n) is 3.97. The van der Waals surface area contributed by atoms with Crippen LogP contribution in [-0.2, 0) is 16.0 Å². The largest absolute Gasteiger partial charge is 0.447 e. The number of imide groups is 1. The highest BCUT2D eigenvalue weighted by atomic mass is 27.0. The van der Waals surface area contributed by atoms with Gasteiger partial charge in [0.15, 0.2) is 0 Å². The molecule has 1 saturated carbocycles. The molecule has 0 bridgehead atoms. The van der Waals surface area contributed by atoms with Crippen LogP contribution in [0.3, 0.4) is 0 Å². The van der Waals surface area contributed by atoms with Crippen LogP contribution in [0.2, 0.25) is 4.78 Å². The fraction of sp³-hybridized carbons (Fsp3) is 0.579. The number of hydrogen-bond donors (Lipinski definition) is 0. The minimum absolute atomic E-state index is 0.0461. The Bertz CT molecular complexity index is 584. The average molecular weight is 343 g/mol. The smallest absolute Gasteiger partial charge is 0.416 e. The molecule has 2 amide bonds. The van der Waals surface area contributed by atoms with E-state index in [1.165, 1.54) is 34.0 Å². The molecule has 1 heterocycles. The Morgan fingerprint density at radius 2 is 1.92 bits per heavy atom. The molecule has 0 spiro atoms. The summed E-state index contributed by atoms with van der Waals surface area (Å²) in [6, 6.07) is 9.81. The number of hydrogen-bond acceptors (Lipinski definition) is 3. The number of amides is 2. The van der Waals surface area contributed by atoms with Crippen molar-refractivity contribution in [1.82, 2.24) is 4.90 Å². The summed E-state index contributed by atoms with van der Waals surface area (Å²) >= 11 is 1.25. The van der Waals surface area contributed by atoms with Gasteiger partial charge in [0.05, 0.1) is 6.04 Å². The summed E-state index contributed by atoms with van der Waals surface area (Å²) in [5, 5.41) is 0. The van der Waals surface area contributed by atoms with Crippen LogP contribution in [-0.4, -0.2) is 45.8 Å². The lowest BCUT2D eigenvalue weighted by atomic mass is 9.80. The average Bonchev–Trinajstić information content (AvgIpc) is 2.95. The van der Waals surface area contributed by atoms with Crippen LogP contribution < -0.4 is 0 Å². The molecule has 0 radical (unpaired) electrons. The van der Waals surface area contributed by atoms with E-state index in [1.54, 1.807) is 0 Å². The molecule has 3 rings (SSSR count). The monoisotopic (exact) mass is 343 g/mol. The zero-order valence-corrected chi connectivity index (χ0v) is 16.6. The van der Waals surface area contributed by atoms with Gasteiger partial charge >= 0.3 is 6.09 Å². The van der Waals surface area contributed by atoms with Crippen LogP contribution in [0.15, 0.2) is 30.3 Å². The summed E-state index contributed by atoms with van der Waals surface area (Å²) in [5.74, 6) is 0.270. The molecule has 0 unspecified atom stereocenters. The Morgan fingerprint density at radius 1 is 1.25 bits per heavy atom. The standard InChI is InChI=1S/C19H24NO3.Al.2H/c1-14(16-10-6-3-7-11-16)18(21)20-17(13-23-19(20)22)12-15-8-4-2-5-9-15;;;/h2-5,8-9,14,16-17H,6-7,10-13H2,1H3;;;/t14-,17-;;;/m1.../s1. The van der Waals surface area contributed by atoms with Crippen LogP contribution in [0.4, 0.5) is 4.79 Å². The van der Waals surface area contributed by atoms with Crippen molar-refractivity contribution in [3.8, 4) is 0 Å². The number of carbonyl (C=O) groups is 2. The molecule has 1 aromatic rings. The lowest BCUT2D eigenvalue weighted by molar-refractivity contribution is -0.135. The van der Waals surface area contributed by atoms with E-state index < -0.39 is 6.09 Å². The molecule has 128 valence electrons. The van der Waals surface area contributed by atoms with E-state index in [0.717, 1.165) is 23.2 Å². The van der Waals surface area contributed by atoms with Crippen LogP contribution in [0.5, 0.6) is 0 Å². The molecule has 5 heteroatoms. The van der Waals surface area contributed by atoms with Crippen LogP contribution in [0, 0.1) is 11.8 Å². The Balaban J connectivity index is 1.68. The van der Waals surface area contributed by atoms with Gasteiger partial charge in [-0.05, 0) is 17.9 Å². The Hall–Kier alpha value is -1.31. The zero-order chi connectivity index (χ0) is 17.1. The predicted molar refractivity (Wildman–Crippen MR) is 95.5 cm³/mol. The van der Waals surface area contributed by atoms with Crippen molar-refractivity contribution in [2.75, 3.05) is 6.61 Å². The molecule has 2 aliphatic rings. The molecule has 2 fully saturated rings. The van der Waals surface area contributed by atoms with E-state index in [1.807, 2.05) is 37.3 Å². The third-order valence-corrected chi connectivity index (χ3v) is 6.82. The summed E-state index contributed by atoms with van der Waals surface area (Å²) in [5.41, 5.74) is 1.13. The van der Waals surface area contributed by atoms with Gasteiger partial charge in [-0.25, -0.2) is 9.69 Å². The first-order valence-corrected chi connectivity index (χ1v) is 10.3. The van der Waals surface area contributed by atoms with E-state index >= 15 is 0 Å². The molecule has 1 aliphatic carbocycles. The molecular weight excluding hydrogens is 317 g/mol. The first-order valence-electron chi connectivity index (χ1n) is 9.10. The molecule has 24 heavy (non-hydrogen) atoms. The topological polar surface area (TPSA) is 46.6 Å². The van der Waals surface area contributed by atoms with Gasteiger partial charge in [0.2, 0.25) is 22.2 Å². The van der Waals surface area contributed by atoms with Gasteiger partial charge in [-0.1, -0.05) is 67.7 Å². The number of benzene rings is 1. The summed E-state index contributed by atoms with van der Waals surface area (Å²) in [6.07, 6.45) is 4.92. The van der Waals surface area contributed by atoms with Crippen molar-refractivity contribution >= 4 is 28.3 Å². The summed E-state index contributed by atoms with van der Waals surface area (Å²) in [7, 11) is 0. The number of carbonyl (C=O) groups excluding carboxylic acids is 2. The molecule has 4 nitrogen and oxygen atoms in total. The third kappa shape index (κ3) is 3.84. The molecule has 1 aromatic carbocycles. The summed E-state index contributed by atoms with van der Waals surface area (Å²) in [4.78, 5) is 26.5. The first kappa shape index (κ1) is 17.5. The lowest BCUT2D eigenvalue weighted by Gasteiger charge is -2.32. The number of rotatable bonds is 4. The second kappa shape index (κ2) is 7.72. The molecule has 1 aliphatic heterocycles. The van der Waals surface area contributed by atoms with Crippen molar-refractivity contribution in [2.24, 2.45) is 11.8 Å². The number of cyclic esters (lactones) is 1. The van der Waals surface area contributed by atoms with Gasteiger partial charge < -0.3 is 4.74 Å². The van der Waals surface area contributed by atoms with E-state index in [2.05, 4.69) is 0 Å². The summed E-state index contributed by atoms with van der Waals surface area (Å²) < 4.78 is 6.09. The number of ether oxygens (including phenoxy) is 1.